The van der Waals surface area contributed by atoms with Gasteiger partial charge in [0.25, 0.3) is 5.91 Å². The number of amides is 1. The quantitative estimate of drug-likeness (QED) is 0.388. The fourth-order valence-corrected chi connectivity index (χ4v) is 4.38. The molecule has 0 saturated heterocycles. The van der Waals surface area contributed by atoms with E-state index in [1.807, 2.05) is 30.3 Å². The first-order valence-corrected chi connectivity index (χ1v) is 10.2. The molecule has 0 fully saturated rings. The molecule has 0 aliphatic carbocycles. The van der Waals surface area contributed by atoms with Crippen molar-refractivity contribution in [3.05, 3.63) is 69.9 Å². The Bertz CT molecular complexity index is 1210. The molecule has 0 aliphatic rings. The van der Waals surface area contributed by atoms with E-state index in [-0.39, 0.29) is 17.4 Å². The van der Waals surface area contributed by atoms with Crippen LogP contribution in [0.25, 0.3) is 20.8 Å². The third-order valence-corrected chi connectivity index (χ3v) is 5.84. The number of anilines is 1. The maximum absolute atomic E-state index is 12.8. The van der Waals surface area contributed by atoms with Crippen molar-refractivity contribution in [2.75, 3.05) is 12.4 Å². The number of furan rings is 1. The third-order valence-electron chi connectivity index (χ3n) is 4.30. The van der Waals surface area contributed by atoms with Crippen LogP contribution in [0.3, 0.4) is 0 Å². The average molecular weight is 471 g/mol. The maximum atomic E-state index is 12.8. The number of esters is 1. The zero-order valence-corrected chi connectivity index (χ0v) is 17.9. The standard InChI is InChI=1S/C21H15BrN2O4S/c1-11-16(21(26)27-2)17(20-23-14-8-3-4-9-15(14)29-20)19(28-11)24-18(25)12-6-5-7-13(22)10-12/h3-10H,1-2H3,(H,24,25). The lowest BCUT2D eigenvalue weighted by molar-refractivity contribution is 0.0599. The summed E-state index contributed by atoms with van der Waals surface area (Å²) >= 11 is 4.77. The van der Waals surface area contributed by atoms with Crippen LogP contribution in [0.2, 0.25) is 0 Å². The minimum Gasteiger partial charge on any atom is -0.465 e. The molecule has 2 aromatic heterocycles. The van der Waals surface area contributed by atoms with Crippen LogP contribution in [0.1, 0.15) is 26.5 Å². The second-order valence-corrected chi connectivity index (χ2v) is 8.13. The number of hydrogen-bond acceptors (Lipinski definition) is 6. The van der Waals surface area contributed by atoms with E-state index in [4.69, 9.17) is 9.15 Å². The summed E-state index contributed by atoms with van der Waals surface area (Å²) in [6, 6.07) is 14.6. The number of nitrogens with zero attached hydrogens (tertiary/aromatic N) is 1. The van der Waals surface area contributed by atoms with Crippen LogP contribution in [0.15, 0.2) is 57.4 Å². The number of thiazole rings is 1. The van der Waals surface area contributed by atoms with Crippen LogP contribution in [0.5, 0.6) is 0 Å². The SMILES string of the molecule is COC(=O)c1c(C)oc(NC(=O)c2cccc(Br)c2)c1-c1nc2ccccc2s1. The van der Waals surface area contributed by atoms with Crippen LogP contribution >= 0.6 is 27.3 Å². The Morgan fingerprint density at radius 3 is 2.69 bits per heavy atom. The molecular weight excluding hydrogens is 456 g/mol. The number of fused-ring (bicyclic) bond motifs is 1. The van der Waals surface area contributed by atoms with E-state index in [0.29, 0.717) is 21.9 Å². The molecule has 146 valence electrons. The van der Waals surface area contributed by atoms with Gasteiger partial charge in [0.2, 0.25) is 5.88 Å². The Morgan fingerprint density at radius 2 is 1.97 bits per heavy atom. The predicted octanol–water partition coefficient (Wildman–Crippen LogP) is 5.67. The number of methoxy groups -OCH3 is 1. The van der Waals surface area contributed by atoms with Crippen molar-refractivity contribution < 1.29 is 18.7 Å². The Kier molecular flexibility index (Phi) is 5.21. The summed E-state index contributed by atoms with van der Waals surface area (Å²) in [7, 11) is 1.30. The van der Waals surface area contributed by atoms with Gasteiger partial charge in [-0.05, 0) is 37.3 Å². The van der Waals surface area contributed by atoms with Crippen molar-refractivity contribution in [1.82, 2.24) is 4.98 Å². The molecule has 1 N–H and O–H groups in total. The second-order valence-electron chi connectivity index (χ2n) is 6.18. The molecule has 2 heterocycles. The highest BCUT2D eigenvalue weighted by Crippen LogP contribution is 2.40. The highest BCUT2D eigenvalue weighted by atomic mass is 79.9. The lowest BCUT2D eigenvalue weighted by Gasteiger charge is -2.05. The smallest absolute Gasteiger partial charge is 0.342 e. The number of hydrogen-bond donors (Lipinski definition) is 1. The van der Waals surface area contributed by atoms with Crippen molar-refractivity contribution in [2.45, 2.75) is 6.92 Å². The van der Waals surface area contributed by atoms with Crippen LogP contribution in [0, 0.1) is 6.92 Å². The van der Waals surface area contributed by atoms with E-state index in [2.05, 4.69) is 26.2 Å². The summed E-state index contributed by atoms with van der Waals surface area (Å²) in [5.41, 5.74) is 1.91. The summed E-state index contributed by atoms with van der Waals surface area (Å²) in [6.07, 6.45) is 0. The van der Waals surface area contributed by atoms with E-state index in [1.165, 1.54) is 18.4 Å². The summed E-state index contributed by atoms with van der Waals surface area (Å²) in [5, 5.41) is 3.33. The number of aryl methyl sites for hydroxylation is 1. The third kappa shape index (κ3) is 3.68. The molecule has 0 bridgehead atoms. The lowest BCUT2D eigenvalue weighted by Crippen LogP contribution is -2.12. The first-order valence-electron chi connectivity index (χ1n) is 8.62. The summed E-state index contributed by atoms with van der Waals surface area (Å²) in [6.45, 7) is 1.65. The molecule has 0 spiro atoms. The normalized spacial score (nSPS) is 10.9. The fraction of sp³-hybridized carbons (Fsp3) is 0.0952. The molecule has 1 amide bonds. The van der Waals surface area contributed by atoms with E-state index >= 15 is 0 Å². The number of rotatable bonds is 4. The van der Waals surface area contributed by atoms with Crippen molar-refractivity contribution in [2.24, 2.45) is 0 Å². The first-order chi connectivity index (χ1) is 14.0. The zero-order valence-electron chi connectivity index (χ0n) is 15.5. The average Bonchev–Trinajstić information content (AvgIpc) is 3.27. The maximum Gasteiger partial charge on any atom is 0.342 e. The van der Waals surface area contributed by atoms with E-state index in [9.17, 15) is 9.59 Å². The summed E-state index contributed by atoms with van der Waals surface area (Å²) < 4.78 is 12.4. The fourth-order valence-electron chi connectivity index (χ4n) is 2.97. The van der Waals surface area contributed by atoms with Gasteiger partial charge in [0.1, 0.15) is 16.3 Å². The highest BCUT2D eigenvalue weighted by molar-refractivity contribution is 9.10. The molecule has 4 aromatic rings. The molecule has 0 saturated carbocycles. The molecule has 4 rings (SSSR count). The number of carbonyl (C=O) groups excluding carboxylic acids is 2. The minimum atomic E-state index is -0.552. The van der Waals surface area contributed by atoms with Gasteiger partial charge in [-0.15, -0.1) is 11.3 Å². The number of carbonyl (C=O) groups is 2. The molecule has 0 unspecified atom stereocenters. The van der Waals surface area contributed by atoms with Gasteiger partial charge >= 0.3 is 5.97 Å². The molecule has 0 aliphatic heterocycles. The van der Waals surface area contributed by atoms with Gasteiger partial charge in [0, 0.05) is 10.0 Å². The molecule has 8 heteroatoms. The molecule has 0 radical (unpaired) electrons. The molecular formula is C21H15BrN2O4S. The first kappa shape index (κ1) is 19.4. The Balaban J connectivity index is 1.83. The largest absolute Gasteiger partial charge is 0.465 e. The Morgan fingerprint density at radius 1 is 1.17 bits per heavy atom. The van der Waals surface area contributed by atoms with Gasteiger partial charge in [-0.25, -0.2) is 9.78 Å². The van der Waals surface area contributed by atoms with Crippen LogP contribution in [-0.2, 0) is 4.74 Å². The number of nitrogens with one attached hydrogen (secondary N) is 1. The van der Waals surface area contributed by atoms with E-state index < -0.39 is 5.97 Å². The summed E-state index contributed by atoms with van der Waals surface area (Å²) in [4.78, 5) is 29.8. The predicted molar refractivity (Wildman–Crippen MR) is 115 cm³/mol. The summed E-state index contributed by atoms with van der Waals surface area (Å²) in [5.74, 6) is -0.412. The highest BCUT2D eigenvalue weighted by Gasteiger charge is 2.29. The Hall–Kier alpha value is -2.97. The van der Waals surface area contributed by atoms with E-state index in [1.54, 1.807) is 25.1 Å². The van der Waals surface area contributed by atoms with Gasteiger partial charge in [0.05, 0.1) is 22.9 Å². The van der Waals surface area contributed by atoms with Crippen molar-refractivity contribution in [1.29, 1.82) is 0 Å². The van der Waals surface area contributed by atoms with Crippen molar-refractivity contribution in [3.63, 3.8) is 0 Å². The number of para-hydroxylation sites is 1. The van der Waals surface area contributed by atoms with Gasteiger partial charge in [-0.1, -0.05) is 34.1 Å². The van der Waals surface area contributed by atoms with Crippen LogP contribution in [-0.4, -0.2) is 24.0 Å². The minimum absolute atomic E-state index is 0.159. The van der Waals surface area contributed by atoms with Gasteiger partial charge in [-0.3, -0.25) is 10.1 Å². The molecule has 2 aromatic carbocycles. The zero-order chi connectivity index (χ0) is 20.5. The van der Waals surface area contributed by atoms with Gasteiger partial charge in [-0.2, -0.15) is 0 Å². The number of halogens is 1. The van der Waals surface area contributed by atoms with Crippen molar-refractivity contribution in [3.8, 4) is 10.6 Å². The van der Waals surface area contributed by atoms with Gasteiger partial charge in [0.15, 0.2) is 0 Å². The second kappa shape index (κ2) is 7.81. The number of aromatic nitrogens is 1. The van der Waals surface area contributed by atoms with Crippen molar-refractivity contribution >= 4 is 55.2 Å². The molecule has 6 nitrogen and oxygen atoms in total. The van der Waals surface area contributed by atoms with Gasteiger partial charge < -0.3 is 9.15 Å². The lowest BCUT2D eigenvalue weighted by atomic mass is 10.1. The van der Waals surface area contributed by atoms with E-state index in [0.717, 1.165) is 14.7 Å². The molecule has 29 heavy (non-hydrogen) atoms. The monoisotopic (exact) mass is 470 g/mol. The Labute approximate surface area is 178 Å². The molecule has 0 atom stereocenters. The van der Waals surface area contributed by atoms with Crippen LogP contribution in [0.4, 0.5) is 5.88 Å². The van der Waals surface area contributed by atoms with Crippen LogP contribution < -0.4 is 5.32 Å². The number of ether oxygens (including phenoxy) is 1. The number of benzene rings is 2. The topological polar surface area (TPSA) is 81.4 Å².